The van der Waals surface area contributed by atoms with Crippen LogP contribution in [0.1, 0.15) is 44.9 Å². The lowest BCUT2D eigenvalue weighted by Crippen LogP contribution is -2.12. The minimum Gasteiger partial charge on any atom is -0.478 e. The maximum absolute atomic E-state index is 13.2. The van der Waals surface area contributed by atoms with Crippen LogP contribution in [0.5, 0.6) is 0 Å². The number of aromatic carboxylic acids is 1. The Morgan fingerprint density at radius 2 is 1.74 bits per heavy atom. The first kappa shape index (κ1) is 20.9. The second kappa shape index (κ2) is 8.04. The molecule has 0 fully saturated rings. The van der Waals surface area contributed by atoms with E-state index in [1.807, 2.05) is 45.0 Å². The summed E-state index contributed by atoms with van der Waals surface area (Å²) >= 11 is 1.41. The summed E-state index contributed by atoms with van der Waals surface area (Å²) in [5.74, 6) is -0.418. The fraction of sp³-hybridized carbons (Fsp3) is 0.200. The average molecular weight is 434 g/mol. The lowest BCUT2D eigenvalue weighted by atomic mass is 10.0. The highest BCUT2D eigenvalue weighted by Crippen LogP contribution is 2.38. The van der Waals surface area contributed by atoms with Crippen LogP contribution in [0.3, 0.4) is 0 Å². The van der Waals surface area contributed by atoms with Gasteiger partial charge in [-0.2, -0.15) is 0 Å². The molecule has 0 bridgehead atoms. The topological polar surface area (TPSA) is 79.5 Å². The van der Waals surface area contributed by atoms with Gasteiger partial charge in [-0.3, -0.25) is 4.79 Å². The van der Waals surface area contributed by atoms with Gasteiger partial charge in [-0.25, -0.2) is 4.79 Å². The number of carboxylic acid groups (broad SMARTS) is 1. The number of carboxylic acids is 1. The minimum atomic E-state index is -0.994. The Balaban J connectivity index is 1.88. The van der Waals surface area contributed by atoms with Crippen LogP contribution in [0.2, 0.25) is 0 Å². The van der Waals surface area contributed by atoms with Crippen molar-refractivity contribution in [3.63, 3.8) is 0 Å². The third kappa shape index (κ3) is 3.64. The van der Waals surface area contributed by atoms with Gasteiger partial charge < -0.3 is 14.8 Å². The molecule has 0 aliphatic rings. The van der Waals surface area contributed by atoms with Crippen molar-refractivity contribution in [3.05, 3.63) is 85.9 Å². The highest BCUT2D eigenvalue weighted by Gasteiger charge is 2.24. The summed E-state index contributed by atoms with van der Waals surface area (Å²) in [6, 6.07) is 14.4. The van der Waals surface area contributed by atoms with Gasteiger partial charge in [-0.15, -0.1) is 11.3 Å². The van der Waals surface area contributed by atoms with Crippen LogP contribution >= 0.6 is 11.3 Å². The Morgan fingerprint density at radius 3 is 2.45 bits per heavy atom. The van der Waals surface area contributed by atoms with Crippen molar-refractivity contribution in [2.45, 2.75) is 33.7 Å². The number of rotatable bonds is 5. The molecule has 158 valence electrons. The summed E-state index contributed by atoms with van der Waals surface area (Å²) in [5, 5.41) is 12.8. The fourth-order valence-electron chi connectivity index (χ4n) is 3.93. The minimum absolute atomic E-state index is 0.0306. The van der Waals surface area contributed by atoms with Gasteiger partial charge in [0, 0.05) is 27.3 Å². The number of thiophene rings is 1. The van der Waals surface area contributed by atoms with Gasteiger partial charge in [0.15, 0.2) is 5.58 Å². The fourth-order valence-corrected chi connectivity index (χ4v) is 5.10. The zero-order valence-electron chi connectivity index (χ0n) is 17.8. The molecule has 0 aliphatic carbocycles. The first-order valence-electron chi connectivity index (χ1n) is 10.0. The molecule has 2 heterocycles. The molecular weight excluding hydrogens is 410 g/mol. The first-order valence-corrected chi connectivity index (χ1v) is 10.8. The number of fused-ring (bicyclic) bond motifs is 1. The lowest BCUT2D eigenvalue weighted by Gasteiger charge is -2.17. The number of benzene rings is 2. The van der Waals surface area contributed by atoms with E-state index in [4.69, 9.17) is 4.42 Å². The molecule has 2 N–H and O–H groups in total. The monoisotopic (exact) mass is 433 g/mol. The average Bonchev–Trinajstić information content (AvgIpc) is 3.07. The molecule has 0 radical (unpaired) electrons. The van der Waals surface area contributed by atoms with E-state index in [0.717, 1.165) is 21.6 Å². The summed E-state index contributed by atoms with van der Waals surface area (Å²) in [6.45, 7) is 7.69. The predicted octanol–water partition coefficient (Wildman–Crippen LogP) is 6.32. The third-order valence-electron chi connectivity index (χ3n) is 5.53. The van der Waals surface area contributed by atoms with Crippen LogP contribution < -0.4 is 10.7 Å². The number of hydrogen-bond acceptors (Lipinski definition) is 5. The van der Waals surface area contributed by atoms with E-state index < -0.39 is 5.97 Å². The molecule has 0 saturated carbocycles. The SMILES string of the molecule is Cc1ccccc1-c1oc2c(C(C)Nc3ccccc3C(=O)O)c(C)sc2c(=O)c1C. The first-order chi connectivity index (χ1) is 14.8. The molecule has 6 heteroatoms. The van der Waals surface area contributed by atoms with Crippen molar-refractivity contribution in [2.75, 3.05) is 5.32 Å². The summed E-state index contributed by atoms with van der Waals surface area (Å²) in [5.41, 5.74) is 4.63. The quantitative estimate of drug-likeness (QED) is 0.385. The van der Waals surface area contributed by atoms with E-state index in [1.165, 1.54) is 11.3 Å². The van der Waals surface area contributed by atoms with Crippen LogP contribution in [0.25, 0.3) is 21.6 Å². The van der Waals surface area contributed by atoms with E-state index in [9.17, 15) is 14.7 Å². The normalized spacial score (nSPS) is 12.1. The maximum atomic E-state index is 13.2. The lowest BCUT2D eigenvalue weighted by molar-refractivity contribution is 0.0698. The van der Waals surface area contributed by atoms with Gasteiger partial charge in [0.25, 0.3) is 0 Å². The summed E-state index contributed by atoms with van der Waals surface area (Å²) < 4.78 is 6.97. The molecule has 31 heavy (non-hydrogen) atoms. The molecule has 0 amide bonds. The van der Waals surface area contributed by atoms with Crippen LogP contribution in [-0.2, 0) is 0 Å². The molecule has 4 aromatic rings. The maximum Gasteiger partial charge on any atom is 0.337 e. The Bertz CT molecular complexity index is 1370. The molecule has 1 unspecified atom stereocenters. The van der Waals surface area contributed by atoms with Gasteiger partial charge in [0.05, 0.1) is 11.6 Å². The number of aryl methyl sites for hydroxylation is 2. The Hall–Kier alpha value is -3.38. The van der Waals surface area contributed by atoms with Crippen molar-refractivity contribution in [2.24, 2.45) is 0 Å². The molecule has 5 nitrogen and oxygen atoms in total. The Kier molecular flexibility index (Phi) is 5.41. The Labute approximate surface area is 184 Å². The second-order valence-corrected chi connectivity index (χ2v) is 8.87. The summed E-state index contributed by atoms with van der Waals surface area (Å²) in [4.78, 5) is 25.7. The van der Waals surface area contributed by atoms with Crippen molar-refractivity contribution in [1.29, 1.82) is 0 Å². The molecule has 0 spiro atoms. The molecular formula is C25H23NO4S. The zero-order chi connectivity index (χ0) is 22.3. The smallest absolute Gasteiger partial charge is 0.337 e. The van der Waals surface area contributed by atoms with Crippen LogP contribution in [0.4, 0.5) is 5.69 Å². The van der Waals surface area contributed by atoms with Crippen molar-refractivity contribution in [3.8, 4) is 11.3 Å². The zero-order valence-corrected chi connectivity index (χ0v) is 18.6. The van der Waals surface area contributed by atoms with E-state index >= 15 is 0 Å². The van der Waals surface area contributed by atoms with Crippen LogP contribution in [0, 0.1) is 20.8 Å². The van der Waals surface area contributed by atoms with Gasteiger partial charge in [-0.1, -0.05) is 36.4 Å². The predicted molar refractivity (Wildman–Crippen MR) is 125 cm³/mol. The third-order valence-corrected chi connectivity index (χ3v) is 6.63. The van der Waals surface area contributed by atoms with Crippen LogP contribution in [0.15, 0.2) is 57.7 Å². The summed E-state index contributed by atoms with van der Waals surface area (Å²) in [7, 11) is 0. The molecule has 0 saturated heterocycles. The van der Waals surface area contributed by atoms with Gasteiger partial charge in [0.2, 0.25) is 5.43 Å². The highest BCUT2D eigenvalue weighted by atomic mass is 32.1. The van der Waals surface area contributed by atoms with Gasteiger partial charge in [-0.05, 0) is 45.4 Å². The number of carbonyl (C=O) groups is 1. The van der Waals surface area contributed by atoms with Gasteiger partial charge in [0.1, 0.15) is 10.5 Å². The van der Waals surface area contributed by atoms with E-state index in [1.54, 1.807) is 31.2 Å². The van der Waals surface area contributed by atoms with Crippen molar-refractivity contribution in [1.82, 2.24) is 0 Å². The molecule has 0 aliphatic heterocycles. The molecule has 4 rings (SSSR count). The van der Waals surface area contributed by atoms with E-state index in [0.29, 0.717) is 27.3 Å². The van der Waals surface area contributed by atoms with Crippen LogP contribution in [-0.4, -0.2) is 11.1 Å². The number of anilines is 1. The Morgan fingerprint density at radius 1 is 1.06 bits per heavy atom. The standard InChI is InChI=1S/C25H23NO4S/c1-13-9-5-6-10-17(13)22-14(2)21(27)24-23(30-22)20(16(4)31-24)15(3)26-19-12-8-7-11-18(19)25(28)29/h5-12,15,26H,1-4H3,(H,28,29). The van der Waals surface area contributed by atoms with Gasteiger partial charge >= 0.3 is 5.97 Å². The molecule has 2 aromatic carbocycles. The number of hydrogen-bond donors (Lipinski definition) is 2. The van der Waals surface area contributed by atoms with Crippen molar-refractivity contribution < 1.29 is 14.3 Å². The highest BCUT2D eigenvalue weighted by molar-refractivity contribution is 7.19. The molecule has 1 atom stereocenters. The van der Waals surface area contributed by atoms with E-state index in [-0.39, 0.29) is 17.0 Å². The number of nitrogens with one attached hydrogen (secondary N) is 1. The number of para-hydroxylation sites is 1. The molecule has 2 aromatic heterocycles. The largest absolute Gasteiger partial charge is 0.478 e. The summed E-state index contributed by atoms with van der Waals surface area (Å²) in [6.07, 6.45) is 0. The second-order valence-electron chi connectivity index (χ2n) is 7.65. The van der Waals surface area contributed by atoms with Crippen molar-refractivity contribution >= 4 is 33.3 Å². The van der Waals surface area contributed by atoms with E-state index in [2.05, 4.69) is 5.32 Å².